The van der Waals surface area contributed by atoms with Gasteiger partial charge in [0.15, 0.2) is 0 Å². The molecule has 0 aromatic heterocycles. The topological polar surface area (TPSA) is 50.4 Å². The Kier molecular flexibility index (Phi) is 5.01. The van der Waals surface area contributed by atoms with Crippen molar-refractivity contribution in [2.75, 3.05) is 19.7 Å². The molecule has 2 rings (SSSR count). The molecule has 0 spiro atoms. The Morgan fingerprint density at radius 3 is 3.11 bits per heavy atom. The van der Waals surface area contributed by atoms with E-state index >= 15 is 0 Å². The summed E-state index contributed by atoms with van der Waals surface area (Å²) in [4.78, 5) is 11.0. The number of carbonyl (C=O) groups is 1. The number of halogens is 1. The van der Waals surface area contributed by atoms with Gasteiger partial charge in [0.2, 0.25) is 5.91 Å². The zero-order valence-corrected chi connectivity index (χ0v) is 11.7. The average molecular weight is 313 g/mol. The molecule has 1 aliphatic heterocycles. The normalized spacial score (nSPS) is 18.7. The van der Waals surface area contributed by atoms with Crippen LogP contribution in [0.2, 0.25) is 0 Å². The van der Waals surface area contributed by atoms with Gasteiger partial charge in [-0.15, -0.1) is 0 Å². The van der Waals surface area contributed by atoms with Crippen LogP contribution in [0.5, 0.6) is 5.75 Å². The third-order valence-corrected chi connectivity index (χ3v) is 3.31. The van der Waals surface area contributed by atoms with Crippen LogP contribution in [-0.4, -0.2) is 31.6 Å². The van der Waals surface area contributed by atoms with Crippen LogP contribution in [0.25, 0.3) is 0 Å². The van der Waals surface area contributed by atoms with Crippen molar-refractivity contribution in [2.45, 2.75) is 18.9 Å². The van der Waals surface area contributed by atoms with Crippen molar-refractivity contribution in [3.05, 3.63) is 28.7 Å². The van der Waals surface area contributed by atoms with Crippen LogP contribution in [0.4, 0.5) is 0 Å². The predicted octanol–water partition coefficient (Wildman–Crippen LogP) is 1.70. The van der Waals surface area contributed by atoms with E-state index in [1.165, 1.54) is 0 Å². The van der Waals surface area contributed by atoms with Gasteiger partial charge in [-0.1, -0.05) is 22.0 Å². The summed E-state index contributed by atoms with van der Waals surface area (Å²) in [5, 5.41) is 6.20. The zero-order valence-electron chi connectivity index (χ0n) is 10.1. The van der Waals surface area contributed by atoms with Gasteiger partial charge in [-0.25, -0.2) is 0 Å². The SMILES string of the molecule is O=C1CCC(CNCCOc2cccc(Br)c2)N1. The molecule has 4 nitrogen and oxygen atoms in total. The Balaban J connectivity index is 1.57. The maximum atomic E-state index is 11.0. The number of amides is 1. The number of ether oxygens (including phenoxy) is 1. The highest BCUT2D eigenvalue weighted by atomic mass is 79.9. The van der Waals surface area contributed by atoms with E-state index in [0.29, 0.717) is 13.0 Å². The maximum absolute atomic E-state index is 11.0. The standard InChI is InChI=1S/C13H17BrN2O2/c14-10-2-1-3-12(8-10)18-7-6-15-9-11-4-5-13(17)16-11/h1-3,8,11,15H,4-7,9H2,(H,16,17). The van der Waals surface area contributed by atoms with E-state index in [9.17, 15) is 4.79 Å². The van der Waals surface area contributed by atoms with Crippen LogP contribution in [0.15, 0.2) is 28.7 Å². The lowest BCUT2D eigenvalue weighted by Gasteiger charge is -2.11. The van der Waals surface area contributed by atoms with Gasteiger partial charge >= 0.3 is 0 Å². The molecule has 1 amide bonds. The van der Waals surface area contributed by atoms with Gasteiger partial charge in [0.25, 0.3) is 0 Å². The summed E-state index contributed by atoms with van der Waals surface area (Å²) < 4.78 is 6.61. The fourth-order valence-electron chi connectivity index (χ4n) is 1.90. The molecule has 0 aliphatic carbocycles. The molecule has 0 saturated carbocycles. The first kappa shape index (κ1) is 13.4. The Morgan fingerprint density at radius 2 is 2.39 bits per heavy atom. The number of benzene rings is 1. The van der Waals surface area contributed by atoms with Crippen molar-refractivity contribution in [3.8, 4) is 5.75 Å². The molecule has 2 N–H and O–H groups in total. The van der Waals surface area contributed by atoms with Gasteiger partial charge in [-0.05, 0) is 24.6 Å². The van der Waals surface area contributed by atoms with Crippen molar-refractivity contribution in [1.29, 1.82) is 0 Å². The van der Waals surface area contributed by atoms with Crippen molar-refractivity contribution in [3.63, 3.8) is 0 Å². The minimum absolute atomic E-state index is 0.159. The lowest BCUT2D eigenvalue weighted by molar-refractivity contribution is -0.119. The molecule has 98 valence electrons. The Labute approximate surface area is 115 Å². The van der Waals surface area contributed by atoms with Gasteiger partial charge < -0.3 is 15.4 Å². The Morgan fingerprint density at radius 1 is 1.50 bits per heavy atom. The lowest BCUT2D eigenvalue weighted by Crippen LogP contribution is -2.37. The molecule has 1 heterocycles. The molecular formula is C13H17BrN2O2. The molecule has 1 saturated heterocycles. The summed E-state index contributed by atoms with van der Waals surface area (Å²) >= 11 is 3.40. The Bertz CT molecular complexity index is 412. The van der Waals surface area contributed by atoms with Crippen LogP contribution in [-0.2, 0) is 4.79 Å². The van der Waals surface area contributed by atoms with Crippen molar-refractivity contribution >= 4 is 21.8 Å². The fourth-order valence-corrected chi connectivity index (χ4v) is 2.28. The molecule has 1 aromatic rings. The summed E-state index contributed by atoms with van der Waals surface area (Å²) in [6, 6.07) is 8.07. The van der Waals surface area contributed by atoms with E-state index in [1.54, 1.807) is 0 Å². The second kappa shape index (κ2) is 6.75. The first-order valence-electron chi connectivity index (χ1n) is 6.12. The van der Waals surface area contributed by atoms with Crippen molar-refractivity contribution in [1.82, 2.24) is 10.6 Å². The second-order valence-electron chi connectivity index (χ2n) is 4.31. The van der Waals surface area contributed by atoms with Crippen molar-refractivity contribution in [2.24, 2.45) is 0 Å². The van der Waals surface area contributed by atoms with Gasteiger partial charge in [0.1, 0.15) is 12.4 Å². The second-order valence-corrected chi connectivity index (χ2v) is 5.23. The smallest absolute Gasteiger partial charge is 0.220 e. The third-order valence-electron chi connectivity index (χ3n) is 2.82. The largest absolute Gasteiger partial charge is 0.492 e. The number of hydrogen-bond acceptors (Lipinski definition) is 3. The molecule has 1 aromatic carbocycles. The van der Waals surface area contributed by atoms with Gasteiger partial charge in [0.05, 0.1) is 0 Å². The van der Waals surface area contributed by atoms with E-state index < -0.39 is 0 Å². The summed E-state index contributed by atoms with van der Waals surface area (Å²) in [5.41, 5.74) is 0. The van der Waals surface area contributed by atoms with Crippen LogP contribution in [0.3, 0.4) is 0 Å². The quantitative estimate of drug-likeness (QED) is 0.786. The maximum Gasteiger partial charge on any atom is 0.220 e. The molecule has 0 radical (unpaired) electrons. The van der Waals surface area contributed by atoms with E-state index in [-0.39, 0.29) is 11.9 Å². The average Bonchev–Trinajstić information content (AvgIpc) is 2.75. The van der Waals surface area contributed by atoms with Crippen LogP contribution < -0.4 is 15.4 Å². The Hall–Kier alpha value is -1.07. The molecular weight excluding hydrogens is 296 g/mol. The van der Waals surface area contributed by atoms with E-state index in [0.717, 1.165) is 29.7 Å². The van der Waals surface area contributed by atoms with Gasteiger partial charge in [-0.3, -0.25) is 4.79 Å². The lowest BCUT2D eigenvalue weighted by atomic mass is 10.2. The third kappa shape index (κ3) is 4.31. The monoisotopic (exact) mass is 312 g/mol. The molecule has 18 heavy (non-hydrogen) atoms. The van der Waals surface area contributed by atoms with Gasteiger partial charge in [0, 0.05) is 30.0 Å². The molecule has 0 bridgehead atoms. The van der Waals surface area contributed by atoms with Crippen molar-refractivity contribution < 1.29 is 9.53 Å². The van der Waals surface area contributed by atoms with E-state index in [2.05, 4.69) is 26.6 Å². The number of hydrogen-bond donors (Lipinski definition) is 2. The highest BCUT2D eigenvalue weighted by molar-refractivity contribution is 9.10. The highest BCUT2D eigenvalue weighted by Crippen LogP contribution is 2.17. The summed E-state index contributed by atoms with van der Waals surface area (Å²) in [6.07, 6.45) is 1.58. The van der Waals surface area contributed by atoms with Gasteiger partial charge in [-0.2, -0.15) is 0 Å². The van der Waals surface area contributed by atoms with E-state index in [4.69, 9.17) is 4.74 Å². The molecule has 1 fully saturated rings. The van der Waals surface area contributed by atoms with Crippen LogP contribution in [0, 0.1) is 0 Å². The molecule has 5 heteroatoms. The minimum atomic E-state index is 0.159. The molecule has 1 atom stereocenters. The highest BCUT2D eigenvalue weighted by Gasteiger charge is 2.19. The van der Waals surface area contributed by atoms with E-state index in [1.807, 2.05) is 24.3 Å². The first-order valence-corrected chi connectivity index (χ1v) is 6.92. The summed E-state index contributed by atoms with van der Waals surface area (Å²) in [5.74, 6) is 1.02. The number of nitrogens with one attached hydrogen (secondary N) is 2. The number of carbonyl (C=O) groups excluding carboxylic acids is 1. The summed E-state index contributed by atoms with van der Waals surface area (Å²) in [7, 11) is 0. The molecule has 1 aliphatic rings. The predicted molar refractivity (Wildman–Crippen MR) is 73.7 cm³/mol. The number of rotatable bonds is 6. The first-order chi connectivity index (χ1) is 8.74. The van der Waals surface area contributed by atoms with Crippen LogP contribution >= 0.6 is 15.9 Å². The van der Waals surface area contributed by atoms with Crippen LogP contribution in [0.1, 0.15) is 12.8 Å². The zero-order chi connectivity index (χ0) is 12.8. The summed E-state index contributed by atoms with van der Waals surface area (Å²) in [6.45, 7) is 2.21. The molecule has 1 unspecified atom stereocenters. The fraction of sp³-hybridized carbons (Fsp3) is 0.462. The minimum Gasteiger partial charge on any atom is -0.492 e.